The summed E-state index contributed by atoms with van der Waals surface area (Å²) in [6.07, 6.45) is 0. The normalized spacial score (nSPS) is 13.5. The van der Waals surface area contributed by atoms with Crippen LogP contribution in [0.15, 0.2) is 48.5 Å². The summed E-state index contributed by atoms with van der Waals surface area (Å²) in [6.45, 7) is 0. The zero-order valence-electron chi connectivity index (χ0n) is 13.8. The first kappa shape index (κ1) is 16.3. The van der Waals surface area contributed by atoms with Crippen molar-refractivity contribution in [3.8, 4) is 0 Å². The molecule has 4 heteroatoms. The van der Waals surface area contributed by atoms with E-state index in [0.29, 0.717) is 0 Å². The van der Waals surface area contributed by atoms with Crippen molar-refractivity contribution in [3.05, 3.63) is 59.7 Å². The molecule has 0 fully saturated rings. The highest BCUT2D eigenvalue weighted by atomic mass is 15.1. The fourth-order valence-electron chi connectivity index (χ4n) is 2.40. The SMILES string of the molecule is CN(C)c1ccc(C(N)C(N)c2ccc(N(C)C)cc2)cc1. The number of nitrogens with zero attached hydrogens (tertiary/aromatic N) is 2. The minimum Gasteiger partial charge on any atom is -0.378 e. The molecule has 2 unspecified atom stereocenters. The van der Waals surface area contributed by atoms with Crippen LogP contribution >= 0.6 is 0 Å². The van der Waals surface area contributed by atoms with Crippen LogP contribution in [0.3, 0.4) is 0 Å². The Morgan fingerprint density at radius 1 is 0.591 bits per heavy atom. The molecule has 0 heterocycles. The Morgan fingerprint density at radius 2 is 0.864 bits per heavy atom. The molecule has 118 valence electrons. The Balaban J connectivity index is 2.15. The lowest BCUT2D eigenvalue weighted by Gasteiger charge is -2.22. The van der Waals surface area contributed by atoms with Crippen molar-refractivity contribution in [1.29, 1.82) is 0 Å². The first-order valence-corrected chi connectivity index (χ1v) is 7.46. The summed E-state index contributed by atoms with van der Waals surface area (Å²) in [5.74, 6) is 0. The summed E-state index contributed by atoms with van der Waals surface area (Å²) in [5, 5.41) is 0. The molecule has 2 atom stereocenters. The van der Waals surface area contributed by atoms with Crippen LogP contribution in [0, 0.1) is 0 Å². The molecule has 0 bridgehead atoms. The minimum atomic E-state index is -0.221. The van der Waals surface area contributed by atoms with Crippen LogP contribution in [-0.2, 0) is 0 Å². The van der Waals surface area contributed by atoms with Gasteiger partial charge >= 0.3 is 0 Å². The van der Waals surface area contributed by atoms with Crippen LogP contribution in [0.25, 0.3) is 0 Å². The molecule has 2 aromatic rings. The molecule has 22 heavy (non-hydrogen) atoms. The number of anilines is 2. The fraction of sp³-hybridized carbons (Fsp3) is 0.333. The van der Waals surface area contributed by atoms with Gasteiger partial charge in [-0.05, 0) is 35.4 Å². The highest BCUT2D eigenvalue weighted by Gasteiger charge is 2.17. The van der Waals surface area contributed by atoms with Gasteiger partial charge in [0, 0.05) is 51.6 Å². The van der Waals surface area contributed by atoms with Crippen LogP contribution in [0.5, 0.6) is 0 Å². The Labute approximate surface area is 133 Å². The molecule has 0 spiro atoms. The van der Waals surface area contributed by atoms with Crippen molar-refractivity contribution >= 4 is 11.4 Å². The molecule has 2 aromatic carbocycles. The van der Waals surface area contributed by atoms with Crippen molar-refractivity contribution < 1.29 is 0 Å². The first-order valence-electron chi connectivity index (χ1n) is 7.46. The maximum atomic E-state index is 6.35. The van der Waals surface area contributed by atoms with Crippen LogP contribution in [0.1, 0.15) is 23.2 Å². The summed E-state index contributed by atoms with van der Waals surface area (Å²) < 4.78 is 0. The van der Waals surface area contributed by atoms with Crippen LogP contribution in [0.4, 0.5) is 11.4 Å². The maximum absolute atomic E-state index is 6.35. The Hall–Kier alpha value is -2.04. The molecule has 0 amide bonds. The summed E-state index contributed by atoms with van der Waals surface area (Å²) in [6, 6.07) is 16.0. The summed E-state index contributed by atoms with van der Waals surface area (Å²) in [7, 11) is 8.08. The van der Waals surface area contributed by atoms with E-state index in [2.05, 4.69) is 34.1 Å². The van der Waals surface area contributed by atoms with Gasteiger partial charge in [-0.1, -0.05) is 24.3 Å². The third-order valence-corrected chi connectivity index (χ3v) is 3.98. The second kappa shape index (κ2) is 6.81. The predicted octanol–water partition coefficient (Wildman–Crippen LogP) is 2.52. The molecule has 0 aliphatic heterocycles. The topological polar surface area (TPSA) is 58.5 Å². The van der Waals surface area contributed by atoms with E-state index >= 15 is 0 Å². The van der Waals surface area contributed by atoms with Crippen molar-refractivity contribution in [1.82, 2.24) is 0 Å². The number of nitrogens with two attached hydrogens (primary N) is 2. The second-order valence-electron chi connectivity index (χ2n) is 6.02. The predicted molar refractivity (Wildman–Crippen MR) is 95.4 cm³/mol. The number of rotatable bonds is 5. The van der Waals surface area contributed by atoms with E-state index in [9.17, 15) is 0 Å². The van der Waals surface area contributed by atoms with Gasteiger partial charge in [-0.25, -0.2) is 0 Å². The molecular formula is C18H26N4. The van der Waals surface area contributed by atoms with E-state index in [-0.39, 0.29) is 12.1 Å². The smallest absolute Gasteiger partial charge is 0.0491 e. The van der Waals surface area contributed by atoms with E-state index in [4.69, 9.17) is 11.5 Å². The average molecular weight is 298 g/mol. The first-order chi connectivity index (χ1) is 10.4. The monoisotopic (exact) mass is 298 g/mol. The van der Waals surface area contributed by atoms with Gasteiger partial charge < -0.3 is 21.3 Å². The van der Waals surface area contributed by atoms with Gasteiger partial charge in [0.1, 0.15) is 0 Å². The van der Waals surface area contributed by atoms with Crippen molar-refractivity contribution in [2.24, 2.45) is 11.5 Å². The maximum Gasteiger partial charge on any atom is 0.0491 e. The lowest BCUT2D eigenvalue weighted by atomic mass is 9.94. The average Bonchev–Trinajstić information content (AvgIpc) is 2.53. The molecule has 2 rings (SSSR count). The van der Waals surface area contributed by atoms with Crippen LogP contribution in [0.2, 0.25) is 0 Å². The van der Waals surface area contributed by atoms with Crippen LogP contribution < -0.4 is 21.3 Å². The van der Waals surface area contributed by atoms with E-state index in [0.717, 1.165) is 22.5 Å². The molecule has 0 saturated carbocycles. The quantitative estimate of drug-likeness (QED) is 0.890. The molecule has 0 aromatic heterocycles. The van der Waals surface area contributed by atoms with Gasteiger partial charge in [0.2, 0.25) is 0 Å². The molecule has 0 radical (unpaired) electrons. The largest absolute Gasteiger partial charge is 0.378 e. The lowest BCUT2D eigenvalue weighted by molar-refractivity contribution is 0.574. The molecule has 0 aliphatic rings. The van der Waals surface area contributed by atoms with Crippen molar-refractivity contribution in [2.45, 2.75) is 12.1 Å². The summed E-state index contributed by atoms with van der Waals surface area (Å²) >= 11 is 0. The second-order valence-corrected chi connectivity index (χ2v) is 6.02. The van der Waals surface area contributed by atoms with Crippen molar-refractivity contribution in [2.75, 3.05) is 38.0 Å². The summed E-state index contributed by atoms with van der Waals surface area (Å²) in [5.41, 5.74) is 17.1. The van der Waals surface area contributed by atoms with Gasteiger partial charge in [-0.2, -0.15) is 0 Å². The number of hydrogen-bond acceptors (Lipinski definition) is 4. The zero-order valence-corrected chi connectivity index (χ0v) is 13.8. The van der Waals surface area contributed by atoms with Gasteiger partial charge in [0.25, 0.3) is 0 Å². The van der Waals surface area contributed by atoms with E-state index in [1.807, 2.05) is 52.5 Å². The lowest BCUT2D eigenvalue weighted by Crippen LogP contribution is -2.26. The fourth-order valence-corrected chi connectivity index (χ4v) is 2.40. The zero-order chi connectivity index (χ0) is 16.3. The van der Waals surface area contributed by atoms with E-state index < -0.39 is 0 Å². The van der Waals surface area contributed by atoms with Crippen molar-refractivity contribution in [3.63, 3.8) is 0 Å². The molecule has 4 nitrogen and oxygen atoms in total. The van der Waals surface area contributed by atoms with Gasteiger partial charge in [-0.3, -0.25) is 0 Å². The molecule has 0 aliphatic carbocycles. The highest BCUT2D eigenvalue weighted by Crippen LogP contribution is 2.27. The highest BCUT2D eigenvalue weighted by molar-refractivity contribution is 5.48. The van der Waals surface area contributed by atoms with Gasteiger partial charge in [-0.15, -0.1) is 0 Å². The third-order valence-electron chi connectivity index (χ3n) is 3.98. The summed E-state index contributed by atoms with van der Waals surface area (Å²) in [4.78, 5) is 4.13. The number of benzene rings is 2. The Bertz CT molecular complexity index is 532. The molecular weight excluding hydrogens is 272 g/mol. The van der Waals surface area contributed by atoms with E-state index in [1.165, 1.54) is 0 Å². The van der Waals surface area contributed by atoms with Gasteiger partial charge in [0.05, 0.1) is 0 Å². The molecule has 4 N–H and O–H groups in total. The Kier molecular flexibility index (Phi) is 5.06. The standard InChI is InChI=1S/C18H26N4/c1-21(2)15-9-5-13(6-10-15)17(19)18(20)14-7-11-16(12-8-14)22(3)4/h5-12,17-18H,19-20H2,1-4H3. The minimum absolute atomic E-state index is 0.221. The third kappa shape index (κ3) is 3.59. The van der Waals surface area contributed by atoms with Gasteiger partial charge in [0.15, 0.2) is 0 Å². The number of hydrogen-bond donors (Lipinski definition) is 2. The molecule has 0 saturated heterocycles. The Morgan fingerprint density at radius 3 is 1.09 bits per heavy atom. The van der Waals surface area contributed by atoms with Crippen LogP contribution in [-0.4, -0.2) is 28.2 Å². The van der Waals surface area contributed by atoms with E-state index in [1.54, 1.807) is 0 Å².